The zero-order chi connectivity index (χ0) is 44.0. The molecule has 2 aliphatic rings. The van der Waals surface area contributed by atoms with Gasteiger partial charge in [0.15, 0.2) is 12.6 Å². The van der Waals surface area contributed by atoms with E-state index in [0.717, 1.165) is 25.7 Å². The molecule has 0 spiro atoms. The first-order chi connectivity index (χ1) is 29.1. The van der Waals surface area contributed by atoms with Gasteiger partial charge in [0.25, 0.3) is 0 Å². The summed E-state index contributed by atoms with van der Waals surface area (Å²) >= 11 is 0. The van der Waals surface area contributed by atoms with E-state index >= 15 is 0 Å². The molecule has 60 heavy (non-hydrogen) atoms. The van der Waals surface area contributed by atoms with Gasteiger partial charge in [0.2, 0.25) is 5.91 Å². The Labute approximate surface area is 362 Å². The van der Waals surface area contributed by atoms with Gasteiger partial charge in [-0.3, -0.25) is 4.79 Å². The number of nitrogens with one attached hydrogen (secondary N) is 1. The topological polar surface area (TPSA) is 228 Å². The van der Waals surface area contributed by atoms with E-state index in [4.69, 9.17) is 18.9 Å². The lowest BCUT2D eigenvalue weighted by Crippen LogP contribution is -2.65. The van der Waals surface area contributed by atoms with Crippen LogP contribution in [0.2, 0.25) is 0 Å². The molecule has 0 aromatic carbocycles. The summed E-state index contributed by atoms with van der Waals surface area (Å²) in [4.78, 5) is 12.3. The molecular formula is C46H89NO13. The fourth-order valence-electron chi connectivity index (χ4n) is 8.32. The molecule has 2 saturated heterocycles. The highest BCUT2D eigenvalue weighted by molar-refractivity contribution is 5.75. The normalized spacial score (nSPS) is 28.2. The number of carbonyl (C=O) groups excluding carboxylic acids is 1. The number of aliphatic hydroxyl groups is 8. The van der Waals surface area contributed by atoms with E-state index in [2.05, 4.69) is 12.2 Å². The predicted octanol–water partition coefficient (Wildman–Crippen LogP) is 5.44. The standard InChI is InChI=1S/C46H89NO13/c1-3-5-6-7-8-9-10-11-12-13-14-15-16-17-18-19-20-21-22-23-24-25-26-27-28-29-30-35(50)34(47-38(51)4-2)33-57-45-43(56)41(54)44(37(32-49)59-45)60-46-42(55)40(53)39(52)36(31-48)58-46/h34-37,39-46,48-50,52-56H,3-33H2,1-2H3,(H,47,51). The molecule has 12 unspecified atom stereocenters. The summed E-state index contributed by atoms with van der Waals surface area (Å²) in [7, 11) is 0. The zero-order valence-electron chi connectivity index (χ0n) is 37.5. The Balaban J connectivity index is 1.54. The van der Waals surface area contributed by atoms with Crippen LogP contribution in [0.3, 0.4) is 0 Å². The van der Waals surface area contributed by atoms with E-state index in [-0.39, 0.29) is 18.9 Å². The van der Waals surface area contributed by atoms with Crippen LogP contribution >= 0.6 is 0 Å². The molecule has 1 amide bonds. The summed E-state index contributed by atoms with van der Waals surface area (Å²) in [6.07, 6.45) is 18.2. The highest BCUT2D eigenvalue weighted by atomic mass is 16.7. The molecule has 14 nitrogen and oxygen atoms in total. The fraction of sp³-hybridized carbons (Fsp3) is 0.978. The number of aliphatic hydroxyl groups excluding tert-OH is 8. The van der Waals surface area contributed by atoms with Crippen molar-refractivity contribution in [3.05, 3.63) is 0 Å². The minimum Gasteiger partial charge on any atom is -0.394 e. The number of hydrogen-bond acceptors (Lipinski definition) is 13. The van der Waals surface area contributed by atoms with Crippen molar-refractivity contribution in [3.63, 3.8) is 0 Å². The Morgan fingerprint density at radius 1 is 0.533 bits per heavy atom. The van der Waals surface area contributed by atoms with Crippen LogP contribution in [0.4, 0.5) is 0 Å². The first-order valence-electron chi connectivity index (χ1n) is 24.3. The quantitative estimate of drug-likeness (QED) is 0.0356. The summed E-state index contributed by atoms with van der Waals surface area (Å²) in [5.41, 5.74) is 0. The summed E-state index contributed by atoms with van der Waals surface area (Å²) in [5, 5.41) is 85.5. The highest BCUT2D eigenvalue weighted by Gasteiger charge is 2.51. The van der Waals surface area contributed by atoms with Gasteiger partial charge in [-0.2, -0.15) is 0 Å². The highest BCUT2D eigenvalue weighted by Crippen LogP contribution is 2.30. The van der Waals surface area contributed by atoms with Crippen molar-refractivity contribution < 1.29 is 64.6 Å². The van der Waals surface area contributed by atoms with Crippen molar-refractivity contribution in [3.8, 4) is 0 Å². The molecule has 0 bridgehead atoms. The molecule has 9 N–H and O–H groups in total. The minimum absolute atomic E-state index is 0.188. The summed E-state index contributed by atoms with van der Waals surface area (Å²) < 4.78 is 22.4. The molecule has 2 fully saturated rings. The number of amides is 1. The molecule has 2 rings (SSSR count). The molecule has 2 heterocycles. The average molecular weight is 864 g/mol. The lowest BCUT2D eigenvalue weighted by molar-refractivity contribution is -0.359. The Morgan fingerprint density at radius 2 is 0.933 bits per heavy atom. The first kappa shape index (κ1) is 55.1. The Hall–Kier alpha value is -1.01. The molecule has 0 aromatic heterocycles. The Morgan fingerprint density at radius 3 is 1.35 bits per heavy atom. The smallest absolute Gasteiger partial charge is 0.220 e. The number of ether oxygens (including phenoxy) is 4. The number of hydrogen-bond donors (Lipinski definition) is 9. The molecular weight excluding hydrogens is 775 g/mol. The zero-order valence-corrected chi connectivity index (χ0v) is 37.5. The minimum atomic E-state index is -1.78. The average Bonchev–Trinajstić information content (AvgIpc) is 3.25. The van der Waals surface area contributed by atoms with Crippen LogP contribution in [-0.4, -0.2) is 140 Å². The SMILES string of the molecule is CCCCCCCCCCCCCCCCCCCCCCCCCCCCC(O)C(COC1OC(CO)C(OC2OC(CO)C(O)C(O)C2O)C(O)C1O)NC(=O)CC. The second kappa shape index (κ2) is 34.4. The van der Waals surface area contributed by atoms with E-state index in [9.17, 15) is 45.6 Å². The maximum atomic E-state index is 12.3. The van der Waals surface area contributed by atoms with E-state index in [0.29, 0.717) is 6.42 Å². The molecule has 14 heteroatoms. The van der Waals surface area contributed by atoms with Gasteiger partial charge in [-0.25, -0.2) is 0 Å². The fourth-order valence-corrected chi connectivity index (χ4v) is 8.32. The predicted molar refractivity (Wildman–Crippen MR) is 231 cm³/mol. The molecule has 0 saturated carbocycles. The van der Waals surface area contributed by atoms with E-state index in [1.165, 1.54) is 141 Å². The third-order valence-corrected chi connectivity index (χ3v) is 12.4. The van der Waals surface area contributed by atoms with Crippen molar-refractivity contribution in [2.75, 3.05) is 19.8 Å². The molecule has 356 valence electrons. The third kappa shape index (κ3) is 22.1. The van der Waals surface area contributed by atoms with E-state index in [1.54, 1.807) is 6.92 Å². The van der Waals surface area contributed by atoms with Crippen molar-refractivity contribution in [1.29, 1.82) is 0 Å². The summed E-state index contributed by atoms with van der Waals surface area (Å²) in [6.45, 7) is 2.31. The van der Waals surface area contributed by atoms with Crippen LogP contribution in [0.5, 0.6) is 0 Å². The van der Waals surface area contributed by atoms with Gasteiger partial charge in [0.05, 0.1) is 32.0 Å². The van der Waals surface area contributed by atoms with Gasteiger partial charge in [0, 0.05) is 6.42 Å². The number of rotatable bonds is 37. The second-order valence-corrected chi connectivity index (χ2v) is 17.6. The lowest BCUT2D eigenvalue weighted by atomic mass is 9.97. The van der Waals surface area contributed by atoms with Gasteiger partial charge in [-0.1, -0.05) is 181 Å². The monoisotopic (exact) mass is 864 g/mol. The summed E-state index contributed by atoms with van der Waals surface area (Å²) in [5.74, 6) is -0.293. The Kier molecular flexibility index (Phi) is 31.6. The molecule has 0 radical (unpaired) electrons. The Bertz CT molecular complexity index is 1020. The van der Waals surface area contributed by atoms with Gasteiger partial charge in [-0.05, 0) is 6.42 Å². The van der Waals surface area contributed by atoms with E-state index < -0.39 is 86.8 Å². The van der Waals surface area contributed by atoms with Crippen molar-refractivity contribution in [1.82, 2.24) is 5.32 Å². The lowest BCUT2D eigenvalue weighted by Gasteiger charge is -2.46. The van der Waals surface area contributed by atoms with Crippen LogP contribution in [0, 0.1) is 0 Å². The molecule has 2 aliphatic heterocycles. The number of carbonyl (C=O) groups is 1. The molecule has 0 aliphatic carbocycles. The maximum Gasteiger partial charge on any atom is 0.220 e. The van der Waals surface area contributed by atoms with Gasteiger partial charge in [-0.15, -0.1) is 0 Å². The maximum absolute atomic E-state index is 12.3. The third-order valence-electron chi connectivity index (χ3n) is 12.4. The van der Waals surface area contributed by atoms with Gasteiger partial charge >= 0.3 is 0 Å². The van der Waals surface area contributed by atoms with Crippen LogP contribution in [0.1, 0.15) is 194 Å². The van der Waals surface area contributed by atoms with Gasteiger partial charge < -0.3 is 65.1 Å². The van der Waals surface area contributed by atoms with E-state index in [1.807, 2.05) is 0 Å². The second-order valence-electron chi connectivity index (χ2n) is 17.6. The number of unbranched alkanes of at least 4 members (excludes halogenated alkanes) is 25. The largest absolute Gasteiger partial charge is 0.394 e. The van der Waals surface area contributed by atoms with Crippen molar-refractivity contribution in [2.45, 2.75) is 267 Å². The van der Waals surface area contributed by atoms with Gasteiger partial charge in [0.1, 0.15) is 48.8 Å². The summed E-state index contributed by atoms with van der Waals surface area (Å²) in [6, 6.07) is -0.819. The van der Waals surface area contributed by atoms with Crippen molar-refractivity contribution >= 4 is 5.91 Å². The molecule has 12 atom stereocenters. The van der Waals surface area contributed by atoms with Crippen LogP contribution in [0.25, 0.3) is 0 Å². The van der Waals surface area contributed by atoms with Crippen LogP contribution in [-0.2, 0) is 23.7 Å². The molecule has 0 aromatic rings. The first-order valence-corrected chi connectivity index (χ1v) is 24.3. The van der Waals surface area contributed by atoms with Crippen molar-refractivity contribution in [2.24, 2.45) is 0 Å². The van der Waals surface area contributed by atoms with Crippen LogP contribution in [0.15, 0.2) is 0 Å². The van der Waals surface area contributed by atoms with Crippen LogP contribution < -0.4 is 5.32 Å².